The van der Waals surface area contributed by atoms with Crippen molar-refractivity contribution in [3.05, 3.63) is 66.4 Å². The zero-order chi connectivity index (χ0) is 10.7. The third kappa shape index (κ3) is 2.01. The first kappa shape index (κ1) is 9.78. The zero-order valence-electron chi connectivity index (χ0n) is 8.98. The van der Waals surface area contributed by atoms with Crippen LogP contribution in [0.4, 0.5) is 0 Å². The first-order valence-corrected chi connectivity index (χ1v) is 5.13. The number of hydrogen-bond donors (Lipinski definition) is 0. The lowest BCUT2D eigenvalue weighted by Crippen LogP contribution is -2.19. The molecule has 0 spiro atoms. The van der Waals surface area contributed by atoms with Crippen molar-refractivity contribution in [3.63, 3.8) is 0 Å². The normalized spacial score (nSPS) is 15.7. The second-order valence-electron chi connectivity index (χ2n) is 3.74. The highest BCUT2D eigenvalue weighted by Gasteiger charge is 2.11. The monoisotopic (exact) mass is 197 g/mol. The van der Waals surface area contributed by atoms with Gasteiger partial charge < -0.3 is 4.90 Å². The minimum Gasteiger partial charge on any atom is -0.344 e. The molecule has 1 heterocycles. The van der Waals surface area contributed by atoms with Crippen molar-refractivity contribution >= 4 is 5.70 Å². The highest BCUT2D eigenvalue weighted by molar-refractivity contribution is 5.68. The van der Waals surface area contributed by atoms with Gasteiger partial charge in [0.2, 0.25) is 0 Å². The summed E-state index contributed by atoms with van der Waals surface area (Å²) in [5.74, 6) is 0. The molecule has 15 heavy (non-hydrogen) atoms. The second-order valence-corrected chi connectivity index (χ2v) is 3.74. The highest BCUT2D eigenvalue weighted by atomic mass is 15.1. The molecule has 0 unspecified atom stereocenters. The summed E-state index contributed by atoms with van der Waals surface area (Å²) >= 11 is 0. The number of nitrogens with zero attached hydrogens (tertiary/aromatic N) is 1. The lowest BCUT2D eigenvalue weighted by Gasteiger charge is -2.26. The van der Waals surface area contributed by atoms with Gasteiger partial charge in [-0.15, -0.1) is 0 Å². The number of benzene rings is 1. The number of rotatable bonds is 2. The van der Waals surface area contributed by atoms with E-state index in [1.807, 2.05) is 12.3 Å². The van der Waals surface area contributed by atoms with Crippen LogP contribution in [-0.2, 0) is 0 Å². The summed E-state index contributed by atoms with van der Waals surface area (Å²) in [6.45, 7) is 6.92. The fraction of sp³-hybridized carbons (Fsp3) is 0.143. The van der Waals surface area contributed by atoms with Crippen LogP contribution in [-0.4, -0.2) is 11.4 Å². The van der Waals surface area contributed by atoms with Crippen molar-refractivity contribution in [2.24, 2.45) is 0 Å². The molecule has 0 bridgehead atoms. The second kappa shape index (κ2) is 4.18. The van der Waals surface area contributed by atoms with Crippen molar-refractivity contribution in [1.82, 2.24) is 4.90 Å². The molecule has 1 aliphatic rings. The maximum Gasteiger partial charge on any atom is 0.0482 e. The van der Waals surface area contributed by atoms with Gasteiger partial charge >= 0.3 is 0 Å². The largest absolute Gasteiger partial charge is 0.344 e. The Balaban J connectivity index is 2.39. The van der Waals surface area contributed by atoms with Gasteiger partial charge in [-0.2, -0.15) is 0 Å². The van der Waals surface area contributed by atoms with Gasteiger partial charge in [-0.3, -0.25) is 0 Å². The molecule has 1 aromatic carbocycles. The highest BCUT2D eigenvalue weighted by Crippen LogP contribution is 2.24. The summed E-state index contributed by atoms with van der Waals surface area (Å²) in [4.78, 5) is 2.17. The SMILES string of the molecule is C=CN1CC(C)=CC=C1c1ccccc1. The molecule has 1 nitrogen and oxygen atoms in total. The third-order valence-electron chi connectivity index (χ3n) is 2.54. The molecule has 76 valence electrons. The molecular formula is C14H15N. The van der Waals surface area contributed by atoms with E-state index in [0.29, 0.717) is 0 Å². The first-order chi connectivity index (χ1) is 7.31. The van der Waals surface area contributed by atoms with Gasteiger partial charge in [-0.25, -0.2) is 0 Å². The van der Waals surface area contributed by atoms with E-state index in [0.717, 1.165) is 6.54 Å². The molecule has 1 aromatic rings. The lowest BCUT2D eigenvalue weighted by atomic mass is 10.1. The fourth-order valence-electron chi connectivity index (χ4n) is 1.76. The lowest BCUT2D eigenvalue weighted by molar-refractivity contribution is 0.572. The molecule has 0 radical (unpaired) electrons. The van der Waals surface area contributed by atoms with E-state index in [1.165, 1.54) is 16.8 Å². The van der Waals surface area contributed by atoms with E-state index < -0.39 is 0 Å². The van der Waals surface area contributed by atoms with Gasteiger partial charge in [-0.1, -0.05) is 48.6 Å². The van der Waals surface area contributed by atoms with E-state index in [4.69, 9.17) is 0 Å². The summed E-state index contributed by atoms with van der Waals surface area (Å²) in [5, 5.41) is 0. The molecule has 0 saturated heterocycles. The van der Waals surface area contributed by atoms with Crippen LogP contribution < -0.4 is 0 Å². The summed E-state index contributed by atoms with van der Waals surface area (Å²) in [5.41, 5.74) is 3.81. The molecule has 0 N–H and O–H groups in total. The van der Waals surface area contributed by atoms with Crippen LogP contribution in [0.15, 0.2) is 60.8 Å². The van der Waals surface area contributed by atoms with Crippen LogP contribution in [0, 0.1) is 0 Å². The predicted molar refractivity (Wildman–Crippen MR) is 65.1 cm³/mol. The van der Waals surface area contributed by atoms with Crippen LogP contribution in [0.2, 0.25) is 0 Å². The van der Waals surface area contributed by atoms with E-state index in [2.05, 4.69) is 54.8 Å². The van der Waals surface area contributed by atoms with Gasteiger partial charge in [0.25, 0.3) is 0 Å². The van der Waals surface area contributed by atoms with Crippen LogP contribution in [0.3, 0.4) is 0 Å². The Morgan fingerprint density at radius 1 is 1.20 bits per heavy atom. The van der Waals surface area contributed by atoms with Gasteiger partial charge in [0, 0.05) is 12.2 Å². The molecule has 1 heteroatoms. The fourth-order valence-corrected chi connectivity index (χ4v) is 1.76. The summed E-state index contributed by atoms with van der Waals surface area (Å²) in [6.07, 6.45) is 6.20. The number of allylic oxidation sites excluding steroid dienone is 2. The first-order valence-electron chi connectivity index (χ1n) is 5.13. The standard InChI is InChI=1S/C14H15N/c1-3-15-11-12(2)9-10-14(15)13-7-5-4-6-8-13/h3-10H,1,11H2,2H3. The molecule has 0 amide bonds. The zero-order valence-corrected chi connectivity index (χ0v) is 8.98. The maximum atomic E-state index is 3.85. The Morgan fingerprint density at radius 2 is 1.93 bits per heavy atom. The van der Waals surface area contributed by atoms with Crippen LogP contribution in [0.5, 0.6) is 0 Å². The van der Waals surface area contributed by atoms with Gasteiger partial charge in [0.05, 0.1) is 0 Å². The summed E-state index contributed by atoms with van der Waals surface area (Å²) in [6, 6.07) is 10.4. The molecule has 1 aliphatic heterocycles. The van der Waals surface area contributed by atoms with Crippen molar-refractivity contribution in [2.45, 2.75) is 6.92 Å². The minimum atomic E-state index is 0.935. The van der Waals surface area contributed by atoms with Crippen LogP contribution in [0.1, 0.15) is 12.5 Å². The average Bonchev–Trinajstić information content (AvgIpc) is 2.30. The minimum absolute atomic E-state index is 0.935. The van der Waals surface area contributed by atoms with Crippen LogP contribution in [0.25, 0.3) is 5.70 Å². The predicted octanol–water partition coefficient (Wildman–Crippen LogP) is 3.43. The Kier molecular flexibility index (Phi) is 2.72. The number of hydrogen-bond acceptors (Lipinski definition) is 1. The quantitative estimate of drug-likeness (QED) is 0.702. The Bertz CT molecular complexity index is 412. The van der Waals surface area contributed by atoms with Gasteiger partial charge in [0.15, 0.2) is 0 Å². The van der Waals surface area contributed by atoms with E-state index in [-0.39, 0.29) is 0 Å². The van der Waals surface area contributed by atoms with Crippen molar-refractivity contribution in [2.75, 3.05) is 6.54 Å². The van der Waals surface area contributed by atoms with E-state index >= 15 is 0 Å². The van der Waals surface area contributed by atoms with Gasteiger partial charge in [0.1, 0.15) is 0 Å². The van der Waals surface area contributed by atoms with E-state index in [9.17, 15) is 0 Å². The molecule has 0 aromatic heterocycles. The van der Waals surface area contributed by atoms with Gasteiger partial charge in [-0.05, 0) is 24.8 Å². The van der Waals surface area contributed by atoms with Crippen molar-refractivity contribution in [3.8, 4) is 0 Å². The van der Waals surface area contributed by atoms with Crippen molar-refractivity contribution < 1.29 is 0 Å². The topological polar surface area (TPSA) is 3.24 Å². The van der Waals surface area contributed by atoms with E-state index in [1.54, 1.807) is 0 Å². The van der Waals surface area contributed by atoms with Crippen molar-refractivity contribution in [1.29, 1.82) is 0 Å². The molecular weight excluding hydrogens is 182 g/mol. The third-order valence-corrected chi connectivity index (χ3v) is 2.54. The molecule has 0 fully saturated rings. The summed E-state index contributed by atoms with van der Waals surface area (Å²) in [7, 11) is 0. The Hall–Kier alpha value is -1.76. The maximum absolute atomic E-state index is 3.85. The Morgan fingerprint density at radius 3 is 2.60 bits per heavy atom. The Labute approximate surface area is 91.0 Å². The summed E-state index contributed by atoms with van der Waals surface area (Å²) < 4.78 is 0. The molecule has 0 saturated carbocycles. The average molecular weight is 197 g/mol. The van der Waals surface area contributed by atoms with Crippen LogP contribution >= 0.6 is 0 Å². The molecule has 2 rings (SSSR count). The molecule has 0 atom stereocenters. The smallest absolute Gasteiger partial charge is 0.0482 e. The molecule has 0 aliphatic carbocycles.